The molecule has 1 amide bonds. The minimum Gasteiger partial charge on any atom is -0.395 e. The molecular weight excluding hydrogens is 573 g/mol. The third kappa shape index (κ3) is 7.37. The lowest BCUT2D eigenvalue weighted by atomic mass is 9.55. The summed E-state index contributed by atoms with van der Waals surface area (Å²) in [5.74, 6) is -4.97. The average Bonchev–Trinajstić information content (AvgIpc) is 2.96. The standard InChI is InChI=1S/C29H37B2FN4O8/c1-17-12-36(13-18(2)44-17)14-19-8-9-22(32)21(10-19)11-34-23-7-5-6-20(15-37)24(23)29(42,43)35(4)25(26(39)33-3)28(31,41)27(30,40)16-38/h5-10,15-18,25,34,40-43H,11-14H2,1-4H3,(H,33,39). The highest BCUT2D eigenvalue weighted by Crippen LogP contribution is 2.36. The predicted molar refractivity (Wildman–Crippen MR) is 160 cm³/mol. The van der Waals surface area contributed by atoms with Crippen LogP contribution < -0.4 is 10.6 Å². The van der Waals surface area contributed by atoms with Crippen LogP contribution in [0.2, 0.25) is 0 Å². The van der Waals surface area contributed by atoms with Gasteiger partial charge in [0, 0.05) is 50.0 Å². The highest BCUT2D eigenvalue weighted by Gasteiger charge is 2.55. The summed E-state index contributed by atoms with van der Waals surface area (Å²) in [6, 6.07) is 6.47. The van der Waals surface area contributed by atoms with E-state index in [1.807, 2.05) is 13.8 Å². The summed E-state index contributed by atoms with van der Waals surface area (Å²) in [7, 11) is 13.2. The minimum absolute atomic E-state index is 0.0505. The number of morpholine rings is 1. The van der Waals surface area contributed by atoms with Crippen molar-refractivity contribution in [2.45, 2.75) is 62.1 Å². The lowest BCUT2D eigenvalue weighted by molar-refractivity contribution is -0.288. The Bertz CT molecular complexity index is 1350. The van der Waals surface area contributed by atoms with Gasteiger partial charge in [0.25, 0.3) is 5.91 Å². The van der Waals surface area contributed by atoms with Crippen molar-refractivity contribution < 1.29 is 43.9 Å². The summed E-state index contributed by atoms with van der Waals surface area (Å²) in [6.45, 7) is 5.79. The Labute approximate surface area is 258 Å². The van der Waals surface area contributed by atoms with Gasteiger partial charge in [0.15, 0.2) is 6.29 Å². The number of carbonyl (C=O) groups excluding carboxylic acids is 3. The van der Waals surface area contributed by atoms with E-state index < -0.39 is 40.2 Å². The Morgan fingerprint density at radius 1 is 1.16 bits per heavy atom. The topological polar surface area (TPSA) is 172 Å². The number of halogens is 1. The molecule has 234 valence electrons. The molecule has 2 aromatic carbocycles. The molecule has 6 N–H and O–H groups in total. The maximum absolute atomic E-state index is 14.9. The number of likely N-dealkylation sites (N-methyl/N-ethyl adjacent to an activating group) is 2. The molecule has 1 aliphatic rings. The summed E-state index contributed by atoms with van der Waals surface area (Å²) >= 11 is 0. The molecule has 1 heterocycles. The monoisotopic (exact) mass is 610 g/mol. The molecule has 5 unspecified atom stereocenters. The van der Waals surface area contributed by atoms with Gasteiger partial charge < -0.3 is 40.6 Å². The molecule has 2 aromatic rings. The molecule has 1 aliphatic heterocycles. The molecule has 12 nitrogen and oxygen atoms in total. The molecule has 15 heteroatoms. The van der Waals surface area contributed by atoms with Crippen molar-refractivity contribution in [3.63, 3.8) is 0 Å². The SMILES string of the molecule is [B]C(O)(C=O)C([B])(O)C(C(=O)NC)N(C)C(O)(O)c1c(C=O)cccc1NCc1cc(CN2CC(C)OC(C)C2)ccc1F. The Kier molecular flexibility index (Phi) is 11.1. The first kappa shape index (κ1) is 35.3. The van der Waals surface area contributed by atoms with Gasteiger partial charge in [0.1, 0.15) is 33.8 Å². The maximum Gasteiger partial charge on any atom is 0.256 e. The number of benzene rings is 2. The van der Waals surface area contributed by atoms with E-state index >= 15 is 0 Å². The third-order valence-corrected chi connectivity index (χ3v) is 7.65. The highest BCUT2D eigenvalue weighted by molar-refractivity contribution is 6.32. The summed E-state index contributed by atoms with van der Waals surface area (Å²) in [5.41, 5.74) is -6.23. The number of hydrogen-bond donors (Lipinski definition) is 6. The molecule has 0 bridgehead atoms. The molecular formula is C29H37B2FN4O8. The van der Waals surface area contributed by atoms with Gasteiger partial charge in [0.2, 0.25) is 5.91 Å². The Morgan fingerprint density at radius 3 is 2.36 bits per heavy atom. The van der Waals surface area contributed by atoms with Gasteiger partial charge in [0.05, 0.1) is 28.8 Å². The van der Waals surface area contributed by atoms with E-state index in [-0.39, 0.29) is 41.9 Å². The van der Waals surface area contributed by atoms with Crippen LogP contribution in [0.4, 0.5) is 10.1 Å². The molecule has 5 atom stereocenters. The Balaban J connectivity index is 1.97. The van der Waals surface area contributed by atoms with Crippen molar-refractivity contribution in [2.24, 2.45) is 0 Å². The van der Waals surface area contributed by atoms with Crippen molar-refractivity contribution >= 4 is 39.9 Å². The van der Waals surface area contributed by atoms with Gasteiger partial charge >= 0.3 is 0 Å². The number of hydrogen-bond acceptors (Lipinski definition) is 11. The van der Waals surface area contributed by atoms with E-state index in [9.17, 15) is 39.2 Å². The summed E-state index contributed by atoms with van der Waals surface area (Å²) < 4.78 is 20.7. The smallest absolute Gasteiger partial charge is 0.256 e. The molecule has 1 fully saturated rings. The lowest BCUT2D eigenvalue weighted by Gasteiger charge is -2.48. The van der Waals surface area contributed by atoms with E-state index in [4.69, 9.17) is 20.4 Å². The molecule has 3 rings (SSSR count). The quantitative estimate of drug-likeness (QED) is 0.0926. The first-order valence-corrected chi connectivity index (χ1v) is 13.9. The molecule has 0 saturated carbocycles. The van der Waals surface area contributed by atoms with Crippen LogP contribution >= 0.6 is 0 Å². The second-order valence-electron chi connectivity index (χ2n) is 11.2. The van der Waals surface area contributed by atoms with Crippen molar-refractivity contribution in [1.82, 2.24) is 15.1 Å². The number of nitrogens with one attached hydrogen (secondary N) is 2. The predicted octanol–water partition coefficient (Wildman–Crippen LogP) is -1.09. The van der Waals surface area contributed by atoms with Crippen LogP contribution in [0, 0.1) is 5.82 Å². The molecule has 0 aliphatic carbocycles. The fourth-order valence-electron chi connectivity index (χ4n) is 5.39. The van der Waals surface area contributed by atoms with Crippen molar-refractivity contribution in [3.05, 3.63) is 64.5 Å². The number of amides is 1. The fraction of sp³-hybridized carbons (Fsp3) is 0.483. The van der Waals surface area contributed by atoms with Crippen LogP contribution in [0.15, 0.2) is 36.4 Å². The van der Waals surface area contributed by atoms with Crippen molar-refractivity contribution in [3.8, 4) is 0 Å². The lowest BCUT2D eigenvalue weighted by Crippen LogP contribution is -2.73. The van der Waals surface area contributed by atoms with Gasteiger partial charge in [-0.05, 0) is 44.7 Å². The first-order valence-electron chi connectivity index (χ1n) is 13.9. The van der Waals surface area contributed by atoms with Crippen LogP contribution in [0.5, 0.6) is 0 Å². The zero-order valence-corrected chi connectivity index (χ0v) is 25.0. The maximum atomic E-state index is 14.9. The fourth-order valence-corrected chi connectivity index (χ4v) is 5.39. The van der Waals surface area contributed by atoms with E-state index in [0.717, 1.165) is 19.7 Å². The van der Waals surface area contributed by atoms with Gasteiger partial charge in [-0.15, -0.1) is 0 Å². The summed E-state index contributed by atoms with van der Waals surface area (Å²) in [5, 5.41) is 49.0. The largest absolute Gasteiger partial charge is 0.395 e. The number of aldehydes is 2. The summed E-state index contributed by atoms with van der Waals surface area (Å²) in [4.78, 5) is 38.9. The average molecular weight is 610 g/mol. The van der Waals surface area contributed by atoms with Crippen LogP contribution in [0.25, 0.3) is 0 Å². The zero-order chi connectivity index (χ0) is 33.0. The van der Waals surface area contributed by atoms with Crippen molar-refractivity contribution in [1.29, 1.82) is 0 Å². The molecule has 44 heavy (non-hydrogen) atoms. The van der Waals surface area contributed by atoms with E-state index in [1.54, 1.807) is 12.1 Å². The van der Waals surface area contributed by atoms with E-state index in [0.29, 0.717) is 30.8 Å². The molecule has 0 aromatic heterocycles. The van der Waals surface area contributed by atoms with E-state index in [2.05, 4.69) is 15.5 Å². The second kappa shape index (κ2) is 13.9. The highest BCUT2D eigenvalue weighted by atomic mass is 19.1. The van der Waals surface area contributed by atoms with Crippen LogP contribution in [0.3, 0.4) is 0 Å². The third-order valence-electron chi connectivity index (χ3n) is 7.65. The van der Waals surface area contributed by atoms with Gasteiger partial charge in [-0.2, -0.15) is 0 Å². The number of aliphatic hydroxyl groups is 4. The van der Waals surface area contributed by atoms with Crippen LogP contribution in [-0.2, 0) is 33.3 Å². The van der Waals surface area contributed by atoms with Gasteiger partial charge in [-0.25, -0.2) is 9.29 Å². The van der Waals surface area contributed by atoms with Gasteiger partial charge in [-0.3, -0.25) is 14.5 Å². The normalized spacial score (nSPS) is 21.1. The van der Waals surface area contributed by atoms with E-state index in [1.165, 1.54) is 24.3 Å². The van der Waals surface area contributed by atoms with Gasteiger partial charge in [-0.1, -0.05) is 18.2 Å². The van der Waals surface area contributed by atoms with Crippen LogP contribution in [-0.4, -0.2) is 121 Å². The first-order chi connectivity index (χ1) is 20.5. The number of carbonyl (C=O) groups is 3. The summed E-state index contributed by atoms with van der Waals surface area (Å²) in [6.07, 6.45) is 0.0988. The minimum atomic E-state index is -3.27. The molecule has 0 spiro atoms. The number of rotatable bonds is 13. The molecule has 1 saturated heterocycles. The Morgan fingerprint density at radius 2 is 1.80 bits per heavy atom. The van der Waals surface area contributed by atoms with Crippen LogP contribution in [0.1, 0.15) is 40.9 Å². The second-order valence-corrected chi connectivity index (χ2v) is 11.2. The zero-order valence-electron chi connectivity index (χ0n) is 25.0. The number of ether oxygens (including phenoxy) is 1. The number of anilines is 1. The molecule has 4 radical (unpaired) electrons. The van der Waals surface area contributed by atoms with Crippen molar-refractivity contribution in [2.75, 3.05) is 32.5 Å². The Hall–Kier alpha value is -3.17. The number of nitrogens with zero attached hydrogens (tertiary/aromatic N) is 2.